The van der Waals surface area contributed by atoms with Gasteiger partial charge in [0.05, 0.1) is 12.2 Å². The molecule has 7 rings (SSSR count). The first-order valence-corrected chi connectivity index (χ1v) is 10.1. The van der Waals surface area contributed by atoms with Gasteiger partial charge in [-0.3, -0.25) is 0 Å². The highest BCUT2D eigenvalue weighted by Crippen LogP contribution is 2.83. The van der Waals surface area contributed by atoms with E-state index in [-0.39, 0.29) is 42.5 Å². The quantitative estimate of drug-likeness (QED) is 0.519. The number of hydrogen-bond acceptors (Lipinski definition) is 7. The van der Waals surface area contributed by atoms with Crippen molar-refractivity contribution in [3.05, 3.63) is 11.1 Å². The number of carbonyl (C=O) groups excluding carboxylic acids is 1. The van der Waals surface area contributed by atoms with Gasteiger partial charge < -0.3 is 29.2 Å². The van der Waals surface area contributed by atoms with E-state index in [9.17, 15) is 15.0 Å². The van der Waals surface area contributed by atoms with E-state index in [1.54, 1.807) is 0 Å². The summed E-state index contributed by atoms with van der Waals surface area (Å²) in [5.41, 5.74) is -0.531. The van der Waals surface area contributed by atoms with Crippen LogP contribution in [-0.2, 0) is 23.7 Å². The van der Waals surface area contributed by atoms with Crippen LogP contribution in [-0.4, -0.2) is 70.1 Å². The molecule has 0 amide bonds. The molecule has 0 radical (unpaired) electrons. The highest BCUT2D eigenvalue weighted by atomic mass is 16.7. The molecule has 146 valence electrons. The standard InChI is InChI=1S/C20H24O7/c1-8(6-21)18-14(26-18)9(2)20-17(27-20)4-3-10-11(7-24-15(10)22)12(17)5-13-19(20,25-13)16(18)23/h8-9,12-14,16,21,23H,3-7H2,1-2H3. The predicted molar refractivity (Wildman–Crippen MR) is 88.5 cm³/mol. The molecule has 4 aliphatic heterocycles. The predicted octanol–water partition coefficient (Wildman–Crippen LogP) is 0.0755. The lowest BCUT2D eigenvalue weighted by molar-refractivity contribution is -0.136. The monoisotopic (exact) mass is 376 g/mol. The molecule has 3 spiro atoms. The van der Waals surface area contributed by atoms with E-state index >= 15 is 0 Å². The Morgan fingerprint density at radius 1 is 1.33 bits per heavy atom. The number of aliphatic hydroxyl groups excluding tert-OH is 2. The zero-order valence-electron chi connectivity index (χ0n) is 15.4. The molecule has 2 saturated carbocycles. The van der Waals surface area contributed by atoms with Crippen molar-refractivity contribution >= 4 is 5.97 Å². The summed E-state index contributed by atoms with van der Waals surface area (Å²) in [6.45, 7) is 4.40. The average molecular weight is 376 g/mol. The Balaban J connectivity index is 1.36. The van der Waals surface area contributed by atoms with Gasteiger partial charge in [-0.25, -0.2) is 4.79 Å². The number of aliphatic hydroxyl groups is 2. The first-order chi connectivity index (χ1) is 12.9. The van der Waals surface area contributed by atoms with Crippen LogP contribution in [0, 0.1) is 17.8 Å². The summed E-state index contributed by atoms with van der Waals surface area (Å²) in [4.78, 5) is 12.1. The van der Waals surface area contributed by atoms with Crippen LogP contribution < -0.4 is 0 Å². The molecule has 7 aliphatic rings. The van der Waals surface area contributed by atoms with Crippen LogP contribution >= 0.6 is 0 Å². The SMILES string of the molecule is CC(CO)C12OC1C(C)C13OC14CCC1=C(COC1=O)C4CC1OC13C2O. The summed E-state index contributed by atoms with van der Waals surface area (Å²) in [6, 6.07) is 0. The second-order valence-corrected chi connectivity index (χ2v) is 9.66. The Hall–Kier alpha value is -0.990. The lowest BCUT2D eigenvalue weighted by Gasteiger charge is -2.46. The van der Waals surface area contributed by atoms with E-state index in [1.165, 1.54) is 0 Å². The largest absolute Gasteiger partial charge is 0.458 e. The van der Waals surface area contributed by atoms with Crippen molar-refractivity contribution in [2.45, 2.75) is 73.8 Å². The first kappa shape index (κ1) is 15.9. The maximum atomic E-state index is 12.1. The summed E-state index contributed by atoms with van der Waals surface area (Å²) in [7, 11) is 0. The Morgan fingerprint density at radius 2 is 2.15 bits per heavy atom. The maximum Gasteiger partial charge on any atom is 0.334 e. The molecule has 0 aromatic rings. The van der Waals surface area contributed by atoms with E-state index in [4.69, 9.17) is 18.9 Å². The molecule has 7 nitrogen and oxygen atoms in total. The van der Waals surface area contributed by atoms with Crippen LogP contribution in [0.25, 0.3) is 0 Å². The molecule has 10 unspecified atom stereocenters. The smallest absolute Gasteiger partial charge is 0.334 e. The van der Waals surface area contributed by atoms with Crippen molar-refractivity contribution < 1.29 is 34.0 Å². The van der Waals surface area contributed by atoms with Gasteiger partial charge in [-0.15, -0.1) is 0 Å². The minimum Gasteiger partial charge on any atom is -0.458 e. The van der Waals surface area contributed by atoms with Crippen molar-refractivity contribution in [1.82, 2.24) is 0 Å². The van der Waals surface area contributed by atoms with Crippen LogP contribution in [0.5, 0.6) is 0 Å². The van der Waals surface area contributed by atoms with Gasteiger partial charge in [0, 0.05) is 29.9 Å². The van der Waals surface area contributed by atoms with Gasteiger partial charge in [0.1, 0.15) is 29.5 Å². The fourth-order valence-electron chi connectivity index (χ4n) is 7.86. The summed E-state index contributed by atoms with van der Waals surface area (Å²) in [6.07, 6.45) is 1.12. The van der Waals surface area contributed by atoms with Gasteiger partial charge in [-0.2, -0.15) is 0 Å². The fraction of sp³-hybridized carbons (Fsp3) is 0.850. The normalized spacial score (nSPS) is 62.2. The summed E-state index contributed by atoms with van der Waals surface area (Å²) >= 11 is 0. The Morgan fingerprint density at radius 3 is 2.93 bits per heavy atom. The molecule has 4 heterocycles. The van der Waals surface area contributed by atoms with Gasteiger partial charge in [-0.05, 0) is 24.8 Å². The molecule has 5 fully saturated rings. The van der Waals surface area contributed by atoms with Crippen molar-refractivity contribution in [2.75, 3.05) is 13.2 Å². The molecule has 7 heteroatoms. The molecule has 2 N–H and O–H groups in total. The van der Waals surface area contributed by atoms with E-state index in [0.717, 1.165) is 24.0 Å². The third-order valence-electron chi connectivity index (χ3n) is 9.13. The van der Waals surface area contributed by atoms with Crippen LogP contribution in [0.1, 0.15) is 33.1 Å². The highest BCUT2D eigenvalue weighted by Gasteiger charge is 3.01. The Kier molecular flexibility index (Phi) is 2.43. The molecule has 0 bridgehead atoms. The van der Waals surface area contributed by atoms with Crippen molar-refractivity contribution in [3.63, 3.8) is 0 Å². The molecular formula is C20H24O7. The first-order valence-electron chi connectivity index (χ1n) is 10.1. The van der Waals surface area contributed by atoms with Crippen molar-refractivity contribution in [2.24, 2.45) is 17.8 Å². The fourth-order valence-corrected chi connectivity index (χ4v) is 7.86. The second-order valence-electron chi connectivity index (χ2n) is 9.66. The molecule has 3 aliphatic carbocycles. The van der Waals surface area contributed by atoms with Crippen LogP contribution in [0.2, 0.25) is 0 Å². The zero-order chi connectivity index (χ0) is 18.6. The third kappa shape index (κ3) is 1.27. The number of fused-ring (bicyclic) bond motifs is 2. The zero-order valence-corrected chi connectivity index (χ0v) is 15.4. The number of carbonyl (C=O) groups is 1. The molecule has 0 aromatic carbocycles. The molecule has 3 saturated heterocycles. The number of cyclic esters (lactones) is 1. The van der Waals surface area contributed by atoms with E-state index in [2.05, 4.69) is 6.92 Å². The lowest BCUT2D eigenvalue weighted by Crippen LogP contribution is -2.68. The van der Waals surface area contributed by atoms with Gasteiger partial charge in [0.15, 0.2) is 5.60 Å². The third-order valence-corrected chi connectivity index (χ3v) is 9.13. The Bertz CT molecular complexity index is 838. The average Bonchev–Trinajstić information content (AvgIpc) is 3.57. The second kappa shape index (κ2) is 4.14. The van der Waals surface area contributed by atoms with Gasteiger partial charge in [0.2, 0.25) is 0 Å². The molecule has 0 aromatic heterocycles. The molecule has 27 heavy (non-hydrogen) atoms. The summed E-state index contributed by atoms with van der Waals surface area (Å²) < 4.78 is 24.4. The number of rotatable bonds is 2. The topological polar surface area (TPSA) is 104 Å². The van der Waals surface area contributed by atoms with Crippen LogP contribution in [0.15, 0.2) is 11.1 Å². The van der Waals surface area contributed by atoms with E-state index in [1.807, 2.05) is 6.92 Å². The highest BCUT2D eigenvalue weighted by molar-refractivity contribution is 5.92. The summed E-state index contributed by atoms with van der Waals surface area (Å²) in [5, 5.41) is 21.2. The molecule has 10 atom stereocenters. The Labute approximate surface area is 156 Å². The lowest BCUT2D eigenvalue weighted by atomic mass is 9.51. The van der Waals surface area contributed by atoms with E-state index < -0.39 is 28.5 Å². The number of esters is 1. The number of ether oxygens (including phenoxy) is 4. The van der Waals surface area contributed by atoms with Gasteiger partial charge >= 0.3 is 5.97 Å². The minimum atomic E-state index is -0.810. The van der Waals surface area contributed by atoms with E-state index in [0.29, 0.717) is 13.0 Å². The van der Waals surface area contributed by atoms with Gasteiger partial charge in [-0.1, -0.05) is 13.8 Å². The molecular weight excluding hydrogens is 352 g/mol. The maximum absolute atomic E-state index is 12.1. The number of hydrogen-bond donors (Lipinski definition) is 2. The minimum absolute atomic E-state index is 0.0294. The van der Waals surface area contributed by atoms with Crippen LogP contribution in [0.4, 0.5) is 0 Å². The summed E-state index contributed by atoms with van der Waals surface area (Å²) in [5.74, 6) is -0.168. The number of epoxide rings is 3. The van der Waals surface area contributed by atoms with Crippen LogP contribution in [0.3, 0.4) is 0 Å². The van der Waals surface area contributed by atoms with Gasteiger partial charge in [0.25, 0.3) is 0 Å². The van der Waals surface area contributed by atoms with Crippen molar-refractivity contribution in [1.29, 1.82) is 0 Å². The van der Waals surface area contributed by atoms with Crippen molar-refractivity contribution in [3.8, 4) is 0 Å².